The average molecular weight is 451 g/mol. The van der Waals surface area contributed by atoms with Crippen molar-refractivity contribution in [1.29, 1.82) is 0 Å². The summed E-state index contributed by atoms with van der Waals surface area (Å²) in [5.74, 6) is 0.0986. The molecular formula is C25H24ClFN4O. The number of pyridine rings is 1. The van der Waals surface area contributed by atoms with Gasteiger partial charge in [0.1, 0.15) is 18.8 Å². The van der Waals surface area contributed by atoms with Gasteiger partial charge in [-0.25, -0.2) is 14.4 Å². The van der Waals surface area contributed by atoms with Crippen LogP contribution in [0.5, 0.6) is 5.88 Å². The van der Waals surface area contributed by atoms with Gasteiger partial charge in [0.25, 0.3) is 0 Å². The Balaban J connectivity index is 1.71. The highest BCUT2D eigenvalue weighted by atomic mass is 35.5. The molecule has 0 aliphatic carbocycles. The number of halogens is 2. The van der Waals surface area contributed by atoms with Crippen molar-refractivity contribution in [2.24, 2.45) is 0 Å². The molecule has 0 spiro atoms. The van der Waals surface area contributed by atoms with E-state index >= 15 is 0 Å². The summed E-state index contributed by atoms with van der Waals surface area (Å²) in [4.78, 5) is 15.6. The number of rotatable bonds is 8. The van der Waals surface area contributed by atoms with Crippen LogP contribution in [0, 0.1) is 5.82 Å². The first-order chi connectivity index (χ1) is 15.6. The van der Waals surface area contributed by atoms with Gasteiger partial charge in [0.15, 0.2) is 0 Å². The molecule has 5 nitrogen and oxygen atoms in total. The van der Waals surface area contributed by atoms with Crippen molar-refractivity contribution in [2.45, 2.75) is 13.8 Å². The van der Waals surface area contributed by atoms with Crippen LogP contribution < -0.4 is 4.74 Å². The number of likely N-dealkylation sites (N-methyl/N-ethyl adjacent to an activating group) is 1. The third-order valence-electron chi connectivity index (χ3n) is 5.45. The second-order valence-corrected chi connectivity index (χ2v) is 7.72. The molecule has 0 N–H and O–H groups in total. The summed E-state index contributed by atoms with van der Waals surface area (Å²) in [5.41, 5.74) is 4.10. The maximum atomic E-state index is 13.7. The normalized spacial score (nSPS) is 11.3. The van der Waals surface area contributed by atoms with Crippen LogP contribution in [-0.2, 0) is 0 Å². The lowest BCUT2D eigenvalue weighted by Crippen LogP contribution is -2.28. The summed E-state index contributed by atoms with van der Waals surface area (Å²) in [5, 5.41) is 0.895. The first-order valence-corrected chi connectivity index (χ1v) is 11.0. The summed E-state index contributed by atoms with van der Waals surface area (Å²) in [6, 6.07) is 14.4. The van der Waals surface area contributed by atoms with Crippen LogP contribution in [0.1, 0.15) is 13.8 Å². The molecule has 7 heteroatoms. The molecule has 32 heavy (non-hydrogen) atoms. The number of benzene rings is 2. The maximum Gasteiger partial charge on any atom is 0.224 e. The molecule has 0 saturated heterocycles. The summed E-state index contributed by atoms with van der Waals surface area (Å²) in [6.07, 6.45) is 3.23. The van der Waals surface area contributed by atoms with Crippen LogP contribution in [0.4, 0.5) is 4.39 Å². The Morgan fingerprint density at radius 2 is 1.78 bits per heavy atom. The number of fused-ring (bicyclic) bond motifs is 1. The highest BCUT2D eigenvalue weighted by Gasteiger charge is 2.13. The van der Waals surface area contributed by atoms with Gasteiger partial charge >= 0.3 is 0 Å². The molecule has 0 aliphatic rings. The van der Waals surface area contributed by atoms with Gasteiger partial charge in [-0.2, -0.15) is 0 Å². The fourth-order valence-corrected chi connectivity index (χ4v) is 3.82. The van der Waals surface area contributed by atoms with Crippen LogP contribution >= 0.6 is 11.6 Å². The topological polar surface area (TPSA) is 51.1 Å². The van der Waals surface area contributed by atoms with Gasteiger partial charge in [0.05, 0.1) is 21.6 Å². The van der Waals surface area contributed by atoms with E-state index in [1.165, 1.54) is 12.4 Å². The fourth-order valence-electron chi connectivity index (χ4n) is 3.64. The van der Waals surface area contributed by atoms with Crippen LogP contribution in [0.15, 0.2) is 61.1 Å². The van der Waals surface area contributed by atoms with E-state index in [9.17, 15) is 4.39 Å². The lowest BCUT2D eigenvalue weighted by atomic mass is 9.98. The minimum absolute atomic E-state index is 0.0647. The summed E-state index contributed by atoms with van der Waals surface area (Å²) >= 11 is 6.01. The Morgan fingerprint density at radius 3 is 2.56 bits per heavy atom. The van der Waals surface area contributed by atoms with E-state index in [1.54, 1.807) is 18.3 Å². The van der Waals surface area contributed by atoms with Gasteiger partial charge in [0.2, 0.25) is 5.88 Å². The van der Waals surface area contributed by atoms with E-state index in [4.69, 9.17) is 16.3 Å². The van der Waals surface area contributed by atoms with Gasteiger partial charge in [-0.1, -0.05) is 37.6 Å². The molecule has 4 rings (SSSR count). The summed E-state index contributed by atoms with van der Waals surface area (Å²) in [7, 11) is 0. The summed E-state index contributed by atoms with van der Waals surface area (Å²) < 4.78 is 19.7. The Kier molecular flexibility index (Phi) is 6.93. The number of hydrogen-bond acceptors (Lipinski definition) is 5. The lowest BCUT2D eigenvalue weighted by molar-refractivity contribution is 0.219. The fraction of sp³-hybridized carbons (Fsp3) is 0.240. The maximum absolute atomic E-state index is 13.7. The van der Waals surface area contributed by atoms with Crippen molar-refractivity contribution < 1.29 is 9.13 Å². The monoisotopic (exact) mass is 450 g/mol. The van der Waals surface area contributed by atoms with Crippen LogP contribution in [0.3, 0.4) is 0 Å². The predicted molar refractivity (Wildman–Crippen MR) is 126 cm³/mol. The Morgan fingerprint density at radius 1 is 0.969 bits per heavy atom. The lowest BCUT2D eigenvalue weighted by Gasteiger charge is -2.18. The molecule has 0 bridgehead atoms. The number of hydrogen-bond donors (Lipinski definition) is 0. The molecule has 4 aromatic rings. The molecule has 0 aliphatic heterocycles. The zero-order chi connectivity index (χ0) is 22.5. The molecule has 2 heterocycles. The van der Waals surface area contributed by atoms with Gasteiger partial charge in [0, 0.05) is 23.9 Å². The second-order valence-electron chi connectivity index (χ2n) is 7.31. The molecular weight excluding hydrogens is 427 g/mol. The van der Waals surface area contributed by atoms with Crippen molar-refractivity contribution in [1.82, 2.24) is 19.9 Å². The van der Waals surface area contributed by atoms with Crippen LogP contribution in [0.25, 0.3) is 33.3 Å². The minimum Gasteiger partial charge on any atom is -0.476 e. The molecule has 0 unspecified atom stereocenters. The highest BCUT2D eigenvalue weighted by Crippen LogP contribution is 2.34. The van der Waals surface area contributed by atoms with Crippen LogP contribution in [-0.4, -0.2) is 46.1 Å². The molecule has 164 valence electrons. The Labute approximate surface area is 191 Å². The van der Waals surface area contributed by atoms with Crippen molar-refractivity contribution in [3.63, 3.8) is 0 Å². The molecule has 2 aromatic heterocycles. The predicted octanol–water partition coefficient (Wildman–Crippen LogP) is 5.87. The van der Waals surface area contributed by atoms with E-state index in [1.807, 2.05) is 30.3 Å². The summed E-state index contributed by atoms with van der Waals surface area (Å²) in [6.45, 7) is 7.60. The molecule has 2 aromatic carbocycles. The van der Waals surface area contributed by atoms with E-state index in [-0.39, 0.29) is 5.02 Å². The Bertz CT molecular complexity index is 1230. The number of aromatic nitrogens is 3. The van der Waals surface area contributed by atoms with Gasteiger partial charge in [-0.05, 0) is 55.1 Å². The Hall–Kier alpha value is -3.09. The zero-order valence-electron chi connectivity index (χ0n) is 18.1. The van der Waals surface area contributed by atoms with E-state index in [0.717, 1.165) is 52.9 Å². The third-order valence-corrected chi connectivity index (χ3v) is 5.74. The molecule has 0 amide bonds. The van der Waals surface area contributed by atoms with E-state index in [2.05, 4.69) is 33.7 Å². The van der Waals surface area contributed by atoms with Crippen molar-refractivity contribution in [3.05, 3.63) is 71.9 Å². The van der Waals surface area contributed by atoms with Gasteiger partial charge in [-0.15, -0.1) is 0 Å². The second kappa shape index (κ2) is 10.0. The SMILES string of the molecule is CCN(CC)CCOc1ncnc2ccc(-c3cccnc3-c3ccc(F)c(Cl)c3)cc12. The van der Waals surface area contributed by atoms with Crippen molar-refractivity contribution >= 4 is 22.5 Å². The zero-order valence-corrected chi connectivity index (χ0v) is 18.8. The van der Waals surface area contributed by atoms with Gasteiger partial charge in [-0.3, -0.25) is 4.98 Å². The van der Waals surface area contributed by atoms with E-state index in [0.29, 0.717) is 12.5 Å². The number of nitrogens with zero attached hydrogens (tertiary/aromatic N) is 4. The molecule has 0 radical (unpaired) electrons. The molecule has 0 atom stereocenters. The quantitative estimate of drug-likeness (QED) is 0.336. The number of ether oxygens (including phenoxy) is 1. The van der Waals surface area contributed by atoms with Crippen molar-refractivity contribution in [3.8, 4) is 28.3 Å². The first-order valence-electron chi connectivity index (χ1n) is 10.6. The minimum atomic E-state index is -0.456. The largest absolute Gasteiger partial charge is 0.476 e. The molecule has 0 saturated carbocycles. The highest BCUT2D eigenvalue weighted by molar-refractivity contribution is 6.31. The van der Waals surface area contributed by atoms with E-state index < -0.39 is 5.82 Å². The standard InChI is InChI=1S/C25H24ClFN4O/c1-3-31(4-2)12-13-32-25-20-14-17(8-10-23(20)29-16-30-25)19-6-5-11-28-24(19)18-7-9-22(27)21(26)15-18/h5-11,14-16H,3-4,12-13H2,1-2H3. The average Bonchev–Trinajstić information content (AvgIpc) is 2.83. The van der Waals surface area contributed by atoms with Gasteiger partial charge < -0.3 is 9.64 Å². The molecule has 0 fully saturated rings. The van der Waals surface area contributed by atoms with Crippen molar-refractivity contribution in [2.75, 3.05) is 26.2 Å². The first kappa shape index (κ1) is 22.1. The third kappa shape index (κ3) is 4.71. The van der Waals surface area contributed by atoms with Crippen LogP contribution in [0.2, 0.25) is 5.02 Å². The smallest absolute Gasteiger partial charge is 0.224 e.